The molecule has 0 amide bonds. The first-order valence-electron chi connectivity index (χ1n) is 6.78. The number of sulfone groups is 1. The molecular formula is C12H20F3NO3S. The van der Waals surface area contributed by atoms with Crippen LogP contribution < -0.4 is 5.32 Å². The molecule has 2 rings (SSSR count). The Balaban J connectivity index is 1.75. The predicted molar refractivity (Wildman–Crippen MR) is 68.2 cm³/mol. The summed E-state index contributed by atoms with van der Waals surface area (Å²) in [7, 11) is -2.92. The van der Waals surface area contributed by atoms with Crippen molar-refractivity contribution in [3.8, 4) is 0 Å². The smallest absolute Gasteiger partial charge is 0.372 e. The fourth-order valence-electron chi connectivity index (χ4n) is 3.11. The number of ether oxygens (including phenoxy) is 1. The highest BCUT2D eigenvalue weighted by Crippen LogP contribution is 2.42. The molecule has 0 aromatic heterocycles. The number of alkyl halides is 3. The van der Waals surface area contributed by atoms with Crippen LogP contribution in [0.25, 0.3) is 0 Å². The van der Waals surface area contributed by atoms with E-state index >= 15 is 0 Å². The molecule has 0 radical (unpaired) electrons. The summed E-state index contributed by atoms with van der Waals surface area (Å²) in [6.45, 7) is 0.371. The largest absolute Gasteiger partial charge is 0.411 e. The summed E-state index contributed by atoms with van der Waals surface area (Å²) in [6, 6.07) is 0. The fraction of sp³-hybridized carbons (Fsp3) is 1.00. The molecule has 0 spiro atoms. The van der Waals surface area contributed by atoms with Crippen molar-refractivity contribution in [2.75, 3.05) is 37.8 Å². The van der Waals surface area contributed by atoms with Gasteiger partial charge in [0.2, 0.25) is 0 Å². The van der Waals surface area contributed by atoms with Crippen LogP contribution in [0.2, 0.25) is 0 Å². The second-order valence-electron chi connectivity index (χ2n) is 5.84. The standard InChI is InChI=1S/C12H20F3NO3S/c13-12(14,15)9-19-4-1-3-11(7-16-8-11)10-2-5-20(17,18)6-10/h10,16H,1-9H2. The van der Waals surface area contributed by atoms with Crippen molar-refractivity contribution in [2.24, 2.45) is 11.3 Å². The molecule has 118 valence electrons. The maximum absolute atomic E-state index is 11.9. The number of nitrogens with one attached hydrogen (secondary N) is 1. The summed E-state index contributed by atoms with van der Waals surface area (Å²) in [4.78, 5) is 0. The summed E-state index contributed by atoms with van der Waals surface area (Å²) >= 11 is 0. The van der Waals surface area contributed by atoms with Gasteiger partial charge in [0.1, 0.15) is 6.61 Å². The second kappa shape index (κ2) is 5.81. The molecule has 2 heterocycles. The minimum absolute atomic E-state index is 0.0643. The molecule has 2 saturated heterocycles. The van der Waals surface area contributed by atoms with Crippen LogP contribution in [-0.4, -0.2) is 52.4 Å². The van der Waals surface area contributed by atoms with Crippen LogP contribution in [-0.2, 0) is 14.6 Å². The van der Waals surface area contributed by atoms with E-state index < -0.39 is 22.6 Å². The van der Waals surface area contributed by atoms with E-state index in [-0.39, 0.29) is 29.4 Å². The van der Waals surface area contributed by atoms with E-state index in [0.29, 0.717) is 12.8 Å². The van der Waals surface area contributed by atoms with E-state index in [1.165, 1.54) is 0 Å². The molecular weight excluding hydrogens is 295 g/mol. The predicted octanol–water partition coefficient (Wildman–Crippen LogP) is 1.37. The van der Waals surface area contributed by atoms with Crippen molar-refractivity contribution in [3.05, 3.63) is 0 Å². The summed E-state index contributed by atoms with van der Waals surface area (Å²) in [5, 5.41) is 3.16. The van der Waals surface area contributed by atoms with E-state index in [1.54, 1.807) is 0 Å². The Morgan fingerprint density at radius 2 is 2.00 bits per heavy atom. The molecule has 2 fully saturated rings. The average Bonchev–Trinajstić information content (AvgIpc) is 2.60. The highest BCUT2D eigenvalue weighted by Gasteiger charge is 2.47. The van der Waals surface area contributed by atoms with Crippen molar-refractivity contribution in [1.29, 1.82) is 0 Å². The van der Waals surface area contributed by atoms with Gasteiger partial charge in [-0.25, -0.2) is 8.42 Å². The Labute approximate surface area is 117 Å². The monoisotopic (exact) mass is 315 g/mol. The summed E-state index contributed by atoms with van der Waals surface area (Å²) in [5.41, 5.74) is -0.0643. The van der Waals surface area contributed by atoms with Gasteiger partial charge in [0.05, 0.1) is 11.5 Å². The number of hydrogen-bond acceptors (Lipinski definition) is 4. The average molecular weight is 315 g/mol. The molecule has 1 atom stereocenters. The van der Waals surface area contributed by atoms with Gasteiger partial charge < -0.3 is 10.1 Å². The summed E-state index contributed by atoms with van der Waals surface area (Å²) in [5.74, 6) is 0.596. The van der Waals surface area contributed by atoms with Crippen LogP contribution in [0.4, 0.5) is 13.2 Å². The number of hydrogen-bond donors (Lipinski definition) is 1. The lowest BCUT2D eigenvalue weighted by Crippen LogP contribution is -2.58. The van der Waals surface area contributed by atoms with Crippen molar-refractivity contribution in [1.82, 2.24) is 5.32 Å². The quantitative estimate of drug-likeness (QED) is 0.752. The Bertz CT molecular complexity index is 432. The third-order valence-corrected chi connectivity index (χ3v) is 6.05. The van der Waals surface area contributed by atoms with Crippen LogP contribution in [0.15, 0.2) is 0 Å². The minimum atomic E-state index is -4.28. The fourth-order valence-corrected chi connectivity index (χ4v) is 5.05. The zero-order chi connectivity index (χ0) is 14.9. The first kappa shape index (κ1) is 16.0. The highest BCUT2D eigenvalue weighted by atomic mass is 32.2. The second-order valence-corrected chi connectivity index (χ2v) is 8.07. The number of halogens is 3. The zero-order valence-electron chi connectivity index (χ0n) is 11.2. The lowest BCUT2D eigenvalue weighted by atomic mass is 9.67. The van der Waals surface area contributed by atoms with Crippen LogP contribution in [0, 0.1) is 11.3 Å². The van der Waals surface area contributed by atoms with E-state index in [4.69, 9.17) is 0 Å². The molecule has 4 nitrogen and oxygen atoms in total. The van der Waals surface area contributed by atoms with E-state index in [9.17, 15) is 21.6 Å². The van der Waals surface area contributed by atoms with Gasteiger partial charge in [-0.2, -0.15) is 13.2 Å². The summed E-state index contributed by atoms with van der Waals surface area (Å²) in [6.07, 6.45) is -2.35. The van der Waals surface area contributed by atoms with Crippen molar-refractivity contribution in [2.45, 2.75) is 25.4 Å². The first-order chi connectivity index (χ1) is 9.23. The SMILES string of the molecule is O=S1(=O)CCC(C2(CCCOCC(F)(F)F)CNC2)C1. The third kappa shape index (κ3) is 4.08. The van der Waals surface area contributed by atoms with Gasteiger partial charge in [0, 0.05) is 19.7 Å². The van der Waals surface area contributed by atoms with Crippen LogP contribution in [0.1, 0.15) is 19.3 Å². The Morgan fingerprint density at radius 1 is 1.30 bits per heavy atom. The van der Waals surface area contributed by atoms with Gasteiger partial charge in [-0.3, -0.25) is 0 Å². The lowest BCUT2D eigenvalue weighted by molar-refractivity contribution is -0.174. The van der Waals surface area contributed by atoms with Crippen LogP contribution >= 0.6 is 0 Å². The molecule has 2 aliphatic rings. The molecule has 0 aliphatic carbocycles. The van der Waals surface area contributed by atoms with E-state index in [0.717, 1.165) is 19.5 Å². The molecule has 2 aliphatic heterocycles. The molecule has 20 heavy (non-hydrogen) atoms. The maximum Gasteiger partial charge on any atom is 0.411 e. The molecule has 0 aromatic rings. The van der Waals surface area contributed by atoms with Gasteiger partial charge in [-0.05, 0) is 30.6 Å². The van der Waals surface area contributed by atoms with Gasteiger partial charge in [-0.15, -0.1) is 0 Å². The Kier molecular flexibility index (Phi) is 4.66. The van der Waals surface area contributed by atoms with E-state index in [1.807, 2.05) is 0 Å². The normalized spacial score (nSPS) is 28.2. The van der Waals surface area contributed by atoms with E-state index in [2.05, 4.69) is 10.1 Å². The molecule has 1 unspecified atom stereocenters. The van der Waals surface area contributed by atoms with Gasteiger partial charge in [0.15, 0.2) is 9.84 Å². The number of rotatable bonds is 6. The van der Waals surface area contributed by atoms with Crippen LogP contribution in [0.5, 0.6) is 0 Å². The molecule has 1 N–H and O–H groups in total. The first-order valence-corrected chi connectivity index (χ1v) is 8.60. The molecule has 0 bridgehead atoms. The van der Waals surface area contributed by atoms with Gasteiger partial charge >= 0.3 is 6.18 Å². The summed E-state index contributed by atoms with van der Waals surface area (Å²) < 4.78 is 63.5. The highest BCUT2D eigenvalue weighted by molar-refractivity contribution is 7.91. The lowest BCUT2D eigenvalue weighted by Gasteiger charge is -2.47. The molecule has 8 heteroatoms. The maximum atomic E-state index is 11.9. The Hall–Kier alpha value is -0.340. The Morgan fingerprint density at radius 3 is 2.45 bits per heavy atom. The zero-order valence-corrected chi connectivity index (χ0v) is 12.0. The topological polar surface area (TPSA) is 55.4 Å². The van der Waals surface area contributed by atoms with Crippen molar-refractivity contribution in [3.63, 3.8) is 0 Å². The molecule has 0 saturated carbocycles. The minimum Gasteiger partial charge on any atom is -0.372 e. The van der Waals surface area contributed by atoms with Crippen molar-refractivity contribution >= 4 is 9.84 Å². The van der Waals surface area contributed by atoms with Gasteiger partial charge in [0.25, 0.3) is 0 Å². The van der Waals surface area contributed by atoms with Crippen LogP contribution in [0.3, 0.4) is 0 Å². The van der Waals surface area contributed by atoms with Crippen molar-refractivity contribution < 1.29 is 26.3 Å². The third-order valence-electron chi connectivity index (χ3n) is 4.28. The molecule has 0 aromatic carbocycles. The van der Waals surface area contributed by atoms with Gasteiger partial charge in [-0.1, -0.05) is 0 Å².